The Morgan fingerprint density at radius 2 is 1.63 bits per heavy atom. The number of fused-ring (bicyclic) bond motifs is 7. The number of hydrogen-bond donors (Lipinski definition) is 3. The van der Waals surface area contributed by atoms with Crippen molar-refractivity contribution in [2.75, 3.05) is 13.2 Å². The first kappa shape index (κ1) is 37.1. The maximum atomic E-state index is 11.9. The molecule has 290 valence electrons. The van der Waals surface area contributed by atoms with Gasteiger partial charge in [-0.3, -0.25) is 4.79 Å². The van der Waals surface area contributed by atoms with Crippen LogP contribution in [0.25, 0.3) is 0 Å². The Kier molecular flexibility index (Phi) is 9.76. The summed E-state index contributed by atoms with van der Waals surface area (Å²) in [5, 5.41) is 33.1. The van der Waals surface area contributed by atoms with E-state index in [4.69, 9.17) is 28.7 Å². The van der Waals surface area contributed by atoms with Crippen LogP contribution in [0.15, 0.2) is 0 Å². The molecule has 10 nitrogen and oxygen atoms in total. The summed E-state index contributed by atoms with van der Waals surface area (Å²) in [6.45, 7) is 14.3. The van der Waals surface area contributed by atoms with Crippen LogP contribution in [0, 0.1) is 70.0 Å². The van der Waals surface area contributed by atoms with E-state index in [1.54, 1.807) is 0 Å². The average molecular weight is 719 g/mol. The second-order valence-electron chi connectivity index (χ2n) is 19.4. The number of hydrogen-bond acceptors (Lipinski definition) is 9. The van der Waals surface area contributed by atoms with Crippen LogP contribution < -0.4 is 0 Å². The molecule has 0 aromatic heterocycles. The Hall–Kier alpha value is -0.850. The van der Waals surface area contributed by atoms with Gasteiger partial charge in [-0.2, -0.15) is 0 Å². The highest BCUT2D eigenvalue weighted by atomic mass is 17.3. The Bertz CT molecular complexity index is 1300. The molecule has 9 aliphatic rings. The van der Waals surface area contributed by atoms with Gasteiger partial charge in [0.25, 0.3) is 0 Å². The number of carboxylic acids is 1. The summed E-state index contributed by atoms with van der Waals surface area (Å²) in [6, 6.07) is 0. The molecule has 4 saturated heterocycles. The van der Waals surface area contributed by atoms with E-state index in [-0.39, 0.29) is 70.9 Å². The fourth-order valence-electron chi connectivity index (χ4n) is 14.3. The highest BCUT2D eigenvalue weighted by Gasteiger charge is 2.70. The zero-order valence-electron chi connectivity index (χ0n) is 32.0. The van der Waals surface area contributed by atoms with Gasteiger partial charge < -0.3 is 34.3 Å². The molecule has 4 aliphatic heterocycles. The van der Waals surface area contributed by atoms with E-state index in [0.29, 0.717) is 37.4 Å². The zero-order chi connectivity index (χ0) is 36.1. The van der Waals surface area contributed by atoms with Crippen molar-refractivity contribution >= 4 is 5.97 Å². The molecule has 51 heavy (non-hydrogen) atoms. The Morgan fingerprint density at radius 1 is 0.863 bits per heavy atom. The predicted octanol–water partition coefficient (Wildman–Crippen LogP) is 6.70. The lowest BCUT2D eigenvalue weighted by Crippen LogP contribution is -2.70. The van der Waals surface area contributed by atoms with E-state index in [0.717, 1.165) is 70.6 Å². The molecule has 10 heteroatoms. The Balaban J connectivity index is 0.870. The van der Waals surface area contributed by atoms with Crippen molar-refractivity contribution in [1.29, 1.82) is 0 Å². The highest BCUT2D eigenvalue weighted by Crippen LogP contribution is 2.68. The van der Waals surface area contributed by atoms with Crippen LogP contribution in [0.1, 0.15) is 125 Å². The third-order valence-corrected chi connectivity index (χ3v) is 17.1. The molecule has 0 aromatic rings. The Morgan fingerprint density at radius 3 is 2.41 bits per heavy atom. The molecule has 0 aromatic carbocycles. The zero-order valence-corrected chi connectivity index (χ0v) is 32.0. The monoisotopic (exact) mass is 718 g/mol. The number of carbonyl (C=O) groups is 1. The van der Waals surface area contributed by atoms with Crippen molar-refractivity contribution in [3.8, 4) is 0 Å². The van der Waals surface area contributed by atoms with E-state index in [9.17, 15) is 20.1 Å². The van der Waals surface area contributed by atoms with Crippen LogP contribution in [-0.2, 0) is 33.5 Å². The summed E-state index contributed by atoms with van der Waals surface area (Å²) in [6.07, 6.45) is 9.71. The van der Waals surface area contributed by atoms with Crippen molar-refractivity contribution in [2.24, 2.45) is 70.0 Å². The van der Waals surface area contributed by atoms with E-state index >= 15 is 0 Å². The first-order chi connectivity index (χ1) is 24.2. The van der Waals surface area contributed by atoms with Crippen molar-refractivity contribution in [3.05, 3.63) is 0 Å². The predicted molar refractivity (Wildman–Crippen MR) is 187 cm³/mol. The molecule has 1 spiro atoms. The first-order valence-corrected chi connectivity index (χ1v) is 20.7. The van der Waals surface area contributed by atoms with Crippen LogP contribution >= 0.6 is 0 Å². The van der Waals surface area contributed by atoms with E-state index in [1.165, 1.54) is 0 Å². The van der Waals surface area contributed by atoms with Gasteiger partial charge in [0, 0.05) is 24.7 Å². The standard InChI is InChI=1S/C41H66O10/c1-22(8-12-34(44)45)27-10-11-30-35-31(21-33(43)40(27,30)6)38(4)15-13-26(19-25(38)20-32(35)42)46-17-18-47-36-24(3)29-9-7-23(2)28-14-16-39(5)49-37(48-36)41(28,29)51-50-39/h22-33,35-37,42-43H,7-21H2,1-6H3,(H,44,45)/t22-,23-,24-,25?,26-,27-,28?,29?,30?,31?,32?,33+,35?,36?,37?,38+,39+,40-,41-/m1/s1. The number of aliphatic hydroxyl groups excluding tert-OH is 2. The molecule has 2 bridgehead atoms. The van der Waals surface area contributed by atoms with Gasteiger partial charge in [0.2, 0.25) is 5.79 Å². The maximum absolute atomic E-state index is 11.9. The van der Waals surface area contributed by atoms with Crippen LogP contribution in [-0.4, -0.2) is 76.8 Å². The van der Waals surface area contributed by atoms with Gasteiger partial charge in [0.05, 0.1) is 31.5 Å². The summed E-state index contributed by atoms with van der Waals surface area (Å²) in [7, 11) is 0. The molecule has 19 atom stereocenters. The number of carboxylic acid groups (broad SMARTS) is 1. The van der Waals surface area contributed by atoms with Crippen LogP contribution in [0.2, 0.25) is 0 Å². The van der Waals surface area contributed by atoms with E-state index in [2.05, 4.69) is 34.6 Å². The second-order valence-corrected chi connectivity index (χ2v) is 19.4. The van der Waals surface area contributed by atoms with Crippen molar-refractivity contribution in [3.63, 3.8) is 0 Å². The Labute approximate surface area is 304 Å². The van der Waals surface area contributed by atoms with Gasteiger partial charge in [0.1, 0.15) is 0 Å². The van der Waals surface area contributed by atoms with Crippen LogP contribution in [0.5, 0.6) is 0 Å². The minimum absolute atomic E-state index is 0.0623. The summed E-state index contributed by atoms with van der Waals surface area (Å²) in [4.78, 5) is 23.6. The SMILES string of the molecule is C[C@H]1C(OCCO[C@@H]2CC[C@@]3(C)C(CC(O)C4C3C[C@H](O)[C@@]3(C)C4CC[C@@H]3[C@H](C)CCC(=O)O)C2)OC2O[C@]3(C)CCC4[C@H](C)CCC1[C@@]24OO3. The van der Waals surface area contributed by atoms with E-state index < -0.39 is 36.0 Å². The van der Waals surface area contributed by atoms with Gasteiger partial charge in [-0.15, -0.1) is 0 Å². The van der Waals surface area contributed by atoms with Gasteiger partial charge >= 0.3 is 5.97 Å². The minimum Gasteiger partial charge on any atom is -0.481 e. The summed E-state index contributed by atoms with van der Waals surface area (Å²) < 4.78 is 26.1. The molecule has 9 rings (SSSR count). The highest BCUT2D eigenvalue weighted by molar-refractivity contribution is 5.66. The third-order valence-electron chi connectivity index (χ3n) is 17.1. The smallest absolute Gasteiger partial charge is 0.303 e. The topological polar surface area (TPSA) is 133 Å². The number of rotatable bonds is 9. The van der Waals surface area contributed by atoms with E-state index in [1.807, 2.05) is 6.92 Å². The lowest BCUT2D eigenvalue weighted by atomic mass is 9.43. The maximum Gasteiger partial charge on any atom is 0.303 e. The first-order valence-electron chi connectivity index (χ1n) is 20.7. The number of aliphatic carboxylic acids is 1. The van der Waals surface area contributed by atoms with Gasteiger partial charge in [0.15, 0.2) is 18.2 Å². The molecular weight excluding hydrogens is 652 g/mol. The molecule has 0 radical (unpaired) electrons. The van der Waals surface area contributed by atoms with Crippen molar-refractivity contribution in [2.45, 2.75) is 167 Å². The minimum atomic E-state index is -0.801. The number of aliphatic hydroxyl groups is 2. The molecular formula is C41H66O10. The number of ether oxygens (including phenoxy) is 4. The molecule has 5 saturated carbocycles. The second kappa shape index (κ2) is 13.4. The molecule has 0 amide bonds. The van der Waals surface area contributed by atoms with Gasteiger partial charge in [-0.05, 0) is 136 Å². The fourth-order valence-corrected chi connectivity index (χ4v) is 14.3. The summed E-state index contributed by atoms with van der Waals surface area (Å²) in [5.74, 6) is 1.28. The van der Waals surface area contributed by atoms with Crippen LogP contribution in [0.4, 0.5) is 0 Å². The molecule has 9 fully saturated rings. The van der Waals surface area contributed by atoms with Gasteiger partial charge in [-0.25, -0.2) is 9.78 Å². The van der Waals surface area contributed by atoms with Crippen LogP contribution in [0.3, 0.4) is 0 Å². The average Bonchev–Trinajstić information content (AvgIpc) is 3.29. The molecule has 4 heterocycles. The lowest BCUT2D eigenvalue weighted by Gasteiger charge is -2.63. The van der Waals surface area contributed by atoms with Gasteiger partial charge in [-0.1, -0.05) is 34.6 Å². The van der Waals surface area contributed by atoms with Crippen molar-refractivity contribution < 1.29 is 48.8 Å². The third kappa shape index (κ3) is 5.81. The largest absolute Gasteiger partial charge is 0.481 e. The molecule has 9 unspecified atom stereocenters. The summed E-state index contributed by atoms with van der Waals surface area (Å²) >= 11 is 0. The molecule has 5 aliphatic carbocycles. The summed E-state index contributed by atoms with van der Waals surface area (Å²) in [5.41, 5.74) is -0.803. The quantitative estimate of drug-likeness (QED) is 0.175. The normalized spacial score (nSPS) is 55.1. The molecule has 3 N–H and O–H groups in total. The van der Waals surface area contributed by atoms with Crippen molar-refractivity contribution in [1.82, 2.24) is 0 Å². The fraction of sp³-hybridized carbons (Fsp3) is 0.976. The lowest BCUT2D eigenvalue weighted by molar-refractivity contribution is -0.577.